The summed E-state index contributed by atoms with van der Waals surface area (Å²) in [5, 5.41) is 4.02. The number of hydrogen-bond acceptors (Lipinski definition) is 5. The number of benzene rings is 1. The lowest BCUT2D eigenvalue weighted by atomic mass is 10.1. The van der Waals surface area contributed by atoms with E-state index < -0.39 is 0 Å². The fourth-order valence-electron chi connectivity index (χ4n) is 3.81. The quantitative estimate of drug-likeness (QED) is 0.668. The van der Waals surface area contributed by atoms with E-state index in [-0.39, 0.29) is 11.6 Å². The number of aromatic nitrogens is 3. The van der Waals surface area contributed by atoms with Gasteiger partial charge in [-0.3, -0.25) is 9.36 Å². The van der Waals surface area contributed by atoms with Crippen LogP contribution in [0.3, 0.4) is 0 Å². The number of rotatable bonds is 5. The Morgan fingerprint density at radius 3 is 2.59 bits per heavy atom. The highest BCUT2D eigenvalue weighted by atomic mass is 16.1. The largest absolute Gasteiger partial charge is 0.372 e. The van der Waals surface area contributed by atoms with Crippen molar-refractivity contribution < 1.29 is 0 Å². The van der Waals surface area contributed by atoms with Gasteiger partial charge in [-0.2, -0.15) is 4.98 Å². The Hall–Kier alpha value is -3.33. The predicted molar refractivity (Wildman–Crippen MR) is 118 cm³/mol. The van der Waals surface area contributed by atoms with Crippen LogP contribution in [0.2, 0.25) is 0 Å². The van der Waals surface area contributed by atoms with Crippen molar-refractivity contribution in [2.24, 2.45) is 0 Å². The average Bonchev–Trinajstić information content (AvgIpc) is 2.77. The Bertz CT molecular complexity index is 1090. The minimum Gasteiger partial charge on any atom is -0.372 e. The van der Waals surface area contributed by atoms with Crippen molar-refractivity contribution in [3.8, 4) is 12.3 Å². The number of piperidine rings is 1. The van der Waals surface area contributed by atoms with Gasteiger partial charge in [-0.1, -0.05) is 12.8 Å². The normalized spacial score (nSPS) is 15.1. The van der Waals surface area contributed by atoms with Gasteiger partial charge in [0.25, 0.3) is 5.56 Å². The van der Waals surface area contributed by atoms with Gasteiger partial charge >= 0.3 is 0 Å². The van der Waals surface area contributed by atoms with E-state index in [9.17, 15) is 4.79 Å². The third-order valence-electron chi connectivity index (χ3n) is 5.40. The van der Waals surface area contributed by atoms with Gasteiger partial charge in [-0.15, -0.1) is 6.42 Å². The average molecular weight is 387 g/mol. The van der Waals surface area contributed by atoms with Crippen LogP contribution in [0.4, 0.5) is 17.3 Å². The van der Waals surface area contributed by atoms with E-state index in [1.54, 1.807) is 16.8 Å². The van der Waals surface area contributed by atoms with Gasteiger partial charge < -0.3 is 10.2 Å². The molecule has 6 heteroatoms. The Balaban J connectivity index is 1.62. The summed E-state index contributed by atoms with van der Waals surface area (Å²) < 4.78 is 1.57. The molecule has 148 valence electrons. The molecule has 3 heterocycles. The molecule has 0 amide bonds. The van der Waals surface area contributed by atoms with Crippen LogP contribution in [0.25, 0.3) is 11.0 Å². The molecule has 1 aromatic carbocycles. The zero-order valence-corrected chi connectivity index (χ0v) is 16.6. The van der Waals surface area contributed by atoms with Crippen LogP contribution in [0.1, 0.15) is 38.6 Å². The molecule has 1 atom stereocenters. The van der Waals surface area contributed by atoms with E-state index in [4.69, 9.17) is 6.42 Å². The minimum atomic E-state index is -0.335. The van der Waals surface area contributed by atoms with Crippen molar-refractivity contribution >= 4 is 28.4 Å². The van der Waals surface area contributed by atoms with Gasteiger partial charge in [0.15, 0.2) is 0 Å². The fourth-order valence-corrected chi connectivity index (χ4v) is 3.81. The molecule has 1 fully saturated rings. The summed E-state index contributed by atoms with van der Waals surface area (Å²) in [5.41, 5.74) is 2.53. The standard InChI is InChI=1S/C23H25N5O/c1-3-19(4-2)28-21(29)13-8-17-16-24-23(26-22(17)28)25-18-9-11-20(12-10-18)27-14-6-5-7-15-27/h1,8-13,16,19H,4-7,14-15H2,2H3,(H,24,25,26). The maximum Gasteiger partial charge on any atom is 0.253 e. The van der Waals surface area contributed by atoms with E-state index in [1.807, 2.05) is 19.1 Å². The summed E-state index contributed by atoms with van der Waals surface area (Å²) in [6.45, 7) is 4.19. The number of nitrogens with one attached hydrogen (secondary N) is 1. The molecule has 0 aliphatic carbocycles. The van der Waals surface area contributed by atoms with Crippen molar-refractivity contribution in [2.75, 3.05) is 23.3 Å². The van der Waals surface area contributed by atoms with Gasteiger partial charge in [0.1, 0.15) is 5.65 Å². The highest BCUT2D eigenvalue weighted by Crippen LogP contribution is 2.23. The van der Waals surface area contributed by atoms with E-state index in [0.717, 1.165) is 24.2 Å². The lowest BCUT2D eigenvalue weighted by molar-refractivity contribution is 0.578. The van der Waals surface area contributed by atoms with E-state index in [2.05, 4.69) is 38.2 Å². The Morgan fingerprint density at radius 1 is 1.14 bits per heavy atom. The summed E-state index contributed by atoms with van der Waals surface area (Å²) >= 11 is 0. The second-order valence-electron chi connectivity index (χ2n) is 7.32. The second kappa shape index (κ2) is 8.36. The van der Waals surface area contributed by atoms with Crippen LogP contribution in [-0.2, 0) is 0 Å². The molecule has 3 aromatic rings. The summed E-state index contributed by atoms with van der Waals surface area (Å²) in [6, 6.07) is 11.2. The van der Waals surface area contributed by atoms with Crippen molar-refractivity contribution in [1.29, 1.82) is 0 Å². The molecule has 2 aromatic heterocycles. The SMILES string of the molecule is C#CC(CC)n1c(=O)ccc2cnc(Nc3ccc(N4CCCCC4)cc3)nc21. The number of nitrogens with zero attached hydrogens (tertiary/aromatic N) is 4. The highest BCUT2D eigenvalue weighted by molar-refractivity contribution is 5.76. The molecular formula is C23H25N5O. The van der Waals surface area contributed by atoms with Gasteiger partial charge in [-0.05, 0) is 56.0 Å². The van der Waals surface area contributed by atoms with Crippen molar-refractivity contribution in [2.45, 2.75) is 38.6 Å². The van der Waals surface area contributed by atoms with Gasteiger partial charge in [0.2, 0.25) is 5.95 Å². The number of hydrogen-bond donors (Lipinski definition) is 1. The van der Waals surface area contributed by atoms with Gasteiger partial charge in [0, 0.05) is 42.1 Å². The Kier molecular flexibility index (Phi) is 5.48. The van der Waals surface area contributed by atoms with Crippen LogP contribution in [-0.4, -0.2) is 27.6 Å². The van der Waals surface area contributed by atoms with Crippen molar-refractivity contribution in [1.82, 2.24) is 14.5 Å². The molecule has 0 saturated carbocycles. The van der Waals surface area contributed by atoms with Gasteiger partial charge in [-0.25, -0.2) is 4.98 Å². The lowest BCUT2D eigenvalue weighted by Gasteiger charge is -2.28. The maximum atomic E-state index is 12.4. The number of pyridine rings is 1. The maximum absolute atomic E-state index is 12.4. The van der Waals surface area contributed by atoms with Crippen LogP contribution >= 0.6 is 0 Å². The molecule has 0 spiro atoms. The number of fused-ring (bicyclic) bond motifs is 1. The molecule has 6 nitrogen and oxygen atoms in total. The second-order valence-corrected chi connectivity index (χ2v) is 7.32. The first-order chi connectivity index (χ1) is 14.2. The van der Waals surface area contributed by atoms with Crippen LogP contribution in [0.5, 0.6) is 0 Å². The molecule has 4 rings (SSSR count). The first-order valence-corrected chi connectivity index (χ1v) is 10.2. The van der Waals surface area contributed by atoms with E-state index in [0.29, 0.717) is 18.0 Å². The first kappa shape index (κ1) is 19.0. The van der Waals surface area contributed by atoms with Gasteiger partial charge in [0.05, 0.1) is 6.04 Å². The van der Waals surface area contributed by atoms with Crippen molar-refractivity contribution in [3.05, 3.63) is 52.9 Å². The number of terminal acetylenes is 1. The predicted octanol–water partition coefficient (Wildman–Crippen LogP) is 4.11. The first-order valence-electron chi connectivity index (χ1n) is 10.2. The third-order valence-corrected chi connectivity index (χ3v) is 5.40. The third kappa shape index (κ3) is 3.95. The molecule has 1 N–H and O–H groups in total. The zero-order chi connectivity index (χ0) is 20.2. The molecule has 29 heavy (non-hydrogen) atoms. The Labute approximate surface area is 170 Å². The topological polar surface area (TPSA) is 63.1 Å². The zero-order valence-electron chi connectivity index (χ0n) is 16.6. The molecular weight excluding hydrogens is 362 g/mol. The van der Waals surface area contributed by atoms with E-state index in [1.165, 1.54) is 31.0 Å². The summed E-state index contributed by atoms with van der Waals surface area (Å²) in [7, 11) is 0. The van der Waals surface area contributed by atoms with E-state index >= 15 is 0 Å². The molecule has 1 aliphatic heterocycles. The molecule has 1 unspecified atom stereocenters. The van der Waals surface area contributed by atoms with Crippen LogP contribution in [0.15, 0.2) is 47.4 Å². The van der Waals surface area contributed by atoms with Crippen LogP contribution in [0, 0.1) is 12.3 Å². The lowest BCUT2D eigenvalue weighted by Crippen LogP contribution is -2.29. The molecule has 0 bridgehead atoms. The Morgan fingerprint density at radius 2 is 1.90 bits per heavy atom. The van der Waals surface area contributed by atoms with Crippen LogP contribution < -0.4 is 15.8 Å². The molecule has 1 aliphatic rings. The monoisotopic (exact) mass is 387 g/mol. The molecule has 0 radical (unpaired) electrons. The summed E-state index contributed by atoms with van der Waals surface area (Å²) in [5.74, 6) is 3.12. The summed E-state index contributed by atoms with van der Waals surface area (Å²) in [4.78, 5) is 23.8. The molecule has 1 saturated heterocycles. The fraction of sp³-hybridized carbons (Fsp3) is 0.348. The smallest absolute Gasteiger partial charge is 0.253 e. The number of anilines is 3. The summed E-state index contributed by atoms with van der Waals surface area (Å²) in [6.07, 6.45) is 11.8. The van der Waals surface area contributed by atoms with Crippen molar-refractivity contribution in [3.63, 3.8) is 0 Å². The highest BCUT2D eigenvalue weighted by Gasteiger charge is 2.14. The minimum absolute atomic E-state index is 0.155.